The number of nitrogens with one attached hydrogen (secondary N) is 1. The number of esters is 2. The van der Waals surface area contributed by atoms with Gasteiger partial charge in [0.05, 0.1) is 23.9 Å². The molecule has 0 bridgehead atoms. The van der Waals surface area contributed by atoms with Gasteiger partial charge in [0.2, 0.25) is 0 Å². The highest BCUT2D eigenvalue weighted by molar-refractivity contribution is 5.77. The van der Waals surface area contributed by atoms with E-state index in [4.69, 9.17) is 14.2 Å². The largest absolute Gasteiger partial charge is 0.461 e. The van der Waals surface area contributed by atoms with Crippen LogP contribution in [0.2, 0.25) is 0 Å². The number of aliphatic hydroxyl groups is 2. The fourth-order valence-electron chi connectivity index (χ4n) is 13.3. The molecule has 248 valence electrons. The number of rotatable bonds is 5. The summed E-state index contributed by atoms with van der Waals surface area (Å²) in [5.41, 5.74) is -1.24. The number of aliphatic hydroxyl groups excluding tert-OH is 1. The molecule has 3 N–H and O–H groups in total. The van der Waals surface area contributed by atoms with E-state index in [0.29, 0.717) is 18.3 Å². The predicted molar refractivity (Wildman–Crippen MR) is 164 cm³/mol. The first-order chi connectivity index (χ1) is 20.4. The van der Waals surface area contributed by atoms with E-state index < -0.39 is 29.9 Å². The minimum atomic E-state index is -1.26. The van der Waals surface area contributed by atoms with Crippen molar-refractivity contribution in [2.45, 2.75) is 155 Å². The third kappa shape index (κ3) is 3.89. The molecule has 0 aromatic carbocycles. The highest BCUT2D eigenvalue weighted by Gasteiger charge is 2.84. The maximum absolute atomic E-state index is 12.9. The molecule has 14 atom stereocenters. The Labute approximate surface area is 263 Å². The Morgan fingerprint density at radius 1 is 1.00 bits per heavy atom. The van der Waals surface area contributed by atoms with Gasteiger partial charge in [-0.2, -0.15) is 0 Å². The maximum Gasteiger partial charge on any atom is 0.323 e. The molecule has 2 aliphatic heterocycles. The first-order valence-corrected chi connectivity index (χ1v) is 17.6. The second-order valence-electron chi connectivity index (χ2n) is 18.0. The van der Waals surface area contributed by atoms with Crippen molar-refractivity contribution in [2.75, 3.05) is 6.54 Å². The topological polar surface area (TPSA) is 114 Å². The van der Waals surface area contributed by atoms with Crippen LogP contribution >= 0.6 is 0 Å². The average Bonchev–Trinajstić information content (AvgIpc) is 3.52. The minimum Gasteiger partial charge on any atom is -0.461 e. The summed E-state index contributed by atoms with van der Waals surface area (Å²) < 4.78 is 18.7. The van der Waals surface area contributed by atoms with Gasteiger partial charge >= 0.3 is 11.9 Å². The lowest BCUT2D eigenvalue weighted by atomic mass is 9.41. The van der Waals surface area contributed by atoms with Crippen LogP contribution in [0.25, 0.3) is 0 Å². The smallest absolute Gasteiger partial charge is 0.323 e. The summed E-state index contributed by atoms with van der Waals surface area (Å²) in [5.74, 6) is 0.877. The van der Waals surface area contributed by atoms with Crippen LogP contribution in [0.5, 0.6) is 0 Å². The molecule has 0 aromatic heterocycles. The number of carbonyl (C=O) groups is 2. The van der Waals surface area contributed by atoms with E-state index in [0.717, 1.165) is 45.1 Å². The Kier molecular flexibility index (Phi) is 6.89. The van der Waals surface area contributed by atoms with E-state index in [1.54, 1.807) is 13.8 Å². The summed E-state index contributed by atoms with van der Waals surface area (Å²) in [5, 5.41) is 26.7. The standard InChI is InChI=1S/C36H57NO7/c1-19-17-22(29(32(5,6)41)42-20(2)38)43-27-26(19)33(7)14-15-36-18-35(36)13-11-25(44-30(40)21-12-16-37-21)31(3,4)23(35)9-10-24(36)34(33,8)28(27)39/h19,21-29,37,39,41H,9-18H2,1-8H3/t19-,21+,22?,23+,24?,25?,26+,27?,28+,29?,33?,34-,35?,36?/m1/s1. The second kappa shape index (κ2) is 9.67. The minimum absolute atomic E-state index is 0.0428. The Bertz CT molecular complexity index is 1210. The number of hydrogen-bond acceptors (Lipinski definition) is 8. The Morgan fingerprint density at radius 2 is 1.66 bits per heavy atom. The van der Waals surface area contributed by atoms with Crippen LogP contribution in [0, 0.1) is 50.7 Å². The summed E-state index contributed by atoms with van der Waals surface area (Å²) >= 11 is 0. The van der Waals surface area contributed by atoms with Crippen LogP contribution in [0.1, 0.15) is 113 Å². The highest BCUT2D eigenvalue weighted by Crippen LogP contribution is 2.89. The first-order valence-electron chi connectivity index (χ1n) is 17.6. The molecule has 0 radical (unpaired) electrons. The molecule has 5 aliphatic carbocycles. The van der Waals surface area contributed by atoms with E-state index in [2.05, 4.69) is 39.9 Å². The summed E-state index contributed by atoms with van der Waals surface area (Å²) in [6.07, 6.45) is 7.00. The lowest BCUT2D eigenvalue weighted by Gasteiger charge is -2.63. The van der Waals surface area contributed by atoms with E-state index in [9.17, 15) is 19.8 Å². The van der Waals surface area contributed by atoms with Crippen molar-refractivity contribution < 1.29 is 34.0 Å². The van der Waals surface area contributed by atoms with Crippen LogP contribution in [0.4, 0.5) is 0 Å². The van der Waals surface area contributed by atoms with Crippen LogP contribution in [0.3, 0.4) is 0 Å². The van der Waals surface area contributed by atoms with Crippen molar-refractivity contribution >= 4 is 11.9 Å². The van der Waals surface area contributed by atoms with Crippen molar-refractivity contribution in [3.63, 3.8) is 0 Å². The molecule has 44 heavy (non-hydrogen) atoms. The lowest BCUT2D eigenvalue weighted by Crippen LogP contribution is -2.60. The van der Waals surface area contributed by atoms with Crippen LogP contribution in [-0.4, -0.2) is 70.9 Å². The van der Waals surface area contributed by atoms with E-state index in [-0.39, 0.29) is 63.1 Å². The SMILES string of the molecule is CC(=O)OC(C1C[C@@H](C)[C@H]2C(O1)[C@H](O)[C@@]1(C)C3CC[C@H]4C(C)(C)C(OC(=O)[C@@H]5CCN5)CCC45CC35CCC21C)C(C)(C)O. The molecule has 5 saturated carbocycles. The number of carbonyl (C=O) groups excluding carboxylic acids is 2. The van der Waals surface area contributed by atoms with Gasteiger partial charge in [-0.05, 0) is 118 Å². The molecule has 2 saturated heterocycles. The molecule has 2 heterocycles. The van der Waals surface area contributed by atoms with Crippen molar-refractivity contribution in [2.24, 2.45) is 50.7 Å². The van der Waals surface area contributed by atoms with Crippen molar-refractivity contribution in [1.29, 1.82) is 0 Å². The Hall–Kier alpha value is -1.22. The zero-order valence-electron chi connectivity index (χ0n) is 28.3. The zero-order chi connectivity index (χ0) is 31.8. The lowest BCUT2D eigenvalue weighted by molar-refractivity contribution is -0.216. The molecular formula is C36H57NO7. The zero-order valence-corrected chi connectivity index (χ0v) is 28.3. The first kappa shape index (κ1) is 31.4. The van der Waals surface area contributed by atoms with Gasteiger partial charge in [-0.25, -0.2) is 0 Å². The normalized spacial score (nSPS) is 52.5. The van der Waals surface area contributed by atoms with Gasteiger partial charge in [-0.3, -0.25) is 9.59 Å². The van der Waals surface area contributed by atoms with Crippen molar-refractivity contribution in [3.8, 4) is 0 Å². The summed E-state index contributed by atoms with van der Waals surface area (Å²) in [6.45, 7) is 17.4. The molecule has 8 unspecified atom stereocenters. The van der Waals surface area contributed by atoms with E-state index in [1.165, 1.54) is 19.8 Å². The predicted octanol–water partition coefficient (Wildman–Crippen LogP) is 4.78. The van der Waals surface area contributed by atoms with Crippen LogP contribution < -0.4 is 5.32 Å². The van der Waals surface area contributed by atoms with E-state index in [1.807, 2.05) is 0 Å². The molecule has 7 aliphatic rings. The molecular weight excluding hydrogens is 558 g/mol. The number of fused-ring (bicyclic) bond motifs is 4. The van der Waals surface area contributed by atoms with Crippen LogP contribution in [-0.2, 0) is 23.8 Å². The fraction of sp³-hybridized carbons (Fsp3) is 0.944. The molecule has 7 rings (SSSR count). The monoisotopic (exact) mass is 615 g/mol. The Morgan fingerprint density at radius 3 is 2.27 bits per heavy atom. The molecule has 0 amide bonds. The molecule has 2 spiro atoms. The van der Waals surface area contributed by atoms with Gasteiger partial charge in [0.15, 0.2) is 6.10 Å². The van der Waals surface area contributed by atoms with Crippen molar-refractivity contribution in [1.82, 2.24) is 5.32 Å². The van der Waals surface area contributed by atoms with Gasteiger partial charge in [0.1, 0.15) is 12.1 Å². The van der Waals surface area contributed by atoms with Crippen molar-refractivity contribution in [3.05, 3.63) is 0 Å². The van der Waals surface area contributed by atoms with Gasteiger partial charge in [-0.1, -0.05) is 34.6 Å². The summed E-state index contributed by atoms with van der Waals surface area (Å²) in [7, 11) is 0. The second-order valence-corrected chi connectivity index (χ2v) is 18.0. The third-order valence-electron chi connectivity index (χ3n) is 15.5. The molecule has 8 heteroatoms. The molecule has 8 nitrogen and oxygen atoms in total. The van der Waals surface area contributed by atoms with E-state index >= 15 is 0 Å². The van der Waals surface area contributed by atoms with Gasteiger partial charge in [0, 0.05) is 17.8 Å². The quantitative estimate of drug-likeness (QED) is 0.379. The van der Waals surface area contributed by atoms with Crippen LogP contribution in [0.15, 0.2) is 0 Å². The molecule has 7 fully saturated rings. The average molecular weight is 616 g/mol. The van der Waals surface area contributed by atoms with Gasteiger partial charge < -0.3 is 29.7 Å². The Balaban J connectivity index is 1.16. The number of hydrogen-bond donors (Lipinski definition) is 3. The summed E-state index contributed by atoms with van der Waals surface area (Å²) in [4.78, 5) is 24.9. The maximum atomic E-state index is 12.9. The van der Waals surface area contributed by atoms with Gasteiger partial charge in [0.25, 0.3) is 0 Å². The van der Waals surface area contributed by atoms with Gasteiger partial charge in [-0.15, -0.1) is 0 Å². The fourth-order valence-corrected chi connectivity index (χ4v) is 13.3. The third-order valence-corrected chi connectivity index (χ3v) is 15.5. The number of ether oxygens (including phenoxy) is 3. The highest BCUT2D eigenvalue weighted by atomic mass is 16.6. The molecule has 0 aromatic rings. The summed E-state index contributed by atoms with van der Waals surface area (Å²) in [6, 6.07) is -0.134.